The van der Waals surface area contributed by atoms with Gasteiger partial charge >= 0.3 is 12.0 Å². The summed E-state index contributed by atoms with van der Waals surface area (Å²) in [6, 6.07) is 5.37. The van der Waals surface area contributed by atoms with Crippen molar-refractivity contribution in [3.05, 3.63) is 35.4 Å². The molecular weight excluding hydrogens is 286 g/mol. The first kappa shape index (κ1) is 15.9. The minimum Gasteiger partial charge on any atom is -0.480 e. The number of nitrogens with zero attached hydrogens (tertiary/aromatic N) is 1. The summed E-state index contributed by atoms with van der Waals surface area (Å²) >= 11 is 0. The molecule has 20 heavy (non-hydrogen) atoms. The lowest BCUT2D eigenvalue weighted by molar-refractivity contribution is -0.141. The van der Waals surface area contributed by atoms with Crippen LogP contribution in [0.1, 0.15) is 17.2 Å². The van der Waals surface area contributed by atoms with Crippen LogP contribution in [0.4, 0.5) is 4.79 Å². The minimum atomic E-state index is -1.23. The average molecular weight is 300 g/mol. The highest BCUT2D eigenvalue weighted by Crippen LogP contribution is 2.22. The van der Waals surface area contributed by atoms with E-state index < -0.39 is 30.5 Å². The highest BCUT2D eigenvalue weighted by Gasteiger charge is 2.39. The predicted octanol–water partition coefficient (Wildman–Crippen LogP) is 0.245. The Kier molecular flexibility index (Phi) is 5.06. The Balaban J connectivity index is 0.00000200. The summed E-state index contributed by atoms with van der Waals surface area (Å²) in [5, 5.41) is 11.1. The van der Waals surface area contributed by atoms with Gasteiger partial charge < -0.3 is 16.2 Å². The number of nitrogens with two attached hydrogens (primary N) is 1. The van der Waals surface area contributed by atoms with Crippen LogP contribution in [-0.2, 0) is 16.1 Å². The number of rotatable bonds is 4. The molecule has 1 aromatic carbocycles. The first-order valence-electron chi connectivity index (χ1n) is 5.65. The molecule has 1 heterocycles. The molecule has 4 N–H and O–H groups in total. The van der Waals surface area contributed by atoms with Gasteiger partial charge in [-0.05, 0) is 11.1 Å². The number of urea groups is 1. The van der Waals surface area contributed by atoms with Crippen molar-refractivity contribution in [1.82, 2.24) is 10.2 Å². The van der Waals surface area contributed by atoms with Crippen LogP contribution in [0, 0.1) is 0 Å². The maximum absolute atomic E-state index is 12.0. The maximum Gasteiger partial charge on any atom is 0.325 e. The second-order valence-corrected chi connectivity index (χ2v) is 4.15. The van der Waals surface area contributed by atoms with Crippen LogP contribution in [-0.4, -0.2) is 34.5 Å². The predicted molar refractivity (Wildman–Crippen MR) is 72.2 cm³/mol. The number of halogens is 1. The lowest BCUT2D eigenvalue weighted by Crippen LogP contribution is -2.35. The highest BCUT2D eigenvalue weighted by molar-refractivity contribution is 6.06. The molecule has 0 spiro atoms. The molecule has 0 saturated carbocycles. The topological polar surface area (TPSA) is 113 Å². The quantitative estimate of drug-likeness (QED) is 0.690. The number of carboxylic acids is 1. The van der Waals surface area contributed by atoms with Crippen molar-refractivity contribution in [3.8, 4) is 0 Å². The lowest BCUT2D eigenvalue weighted by Gasteiger charge is -2.10. The molecule has 1 atom stereocenters. The first-order valence-corrected chi connectivity index (χ1v) is 5.65. The molecule has 1 unspecified atom stereocenters. The highest BCUT2D eigenvalue weighted by atomic mass is 35.5. The van der Waals surface area contributed by atoms with Crippen LogP contribution in [0.5, 0.6) is 0 Å². The smallest absolute Gasteiger partial charge is 0.325 e. The van der Waals surface area contributed by atoms with E-state index >= 15 is 0 Å². The number of imide groups is 1. The average Bonchev–Trinajstić information content (AvgIpc) is 2.66. The SMILES string of the molecule is Cl.NCc1ccc(C2NC(=O)N(CC(=O)O)C2=O)cc1. The molecule has 1 aliphatic heterocycles. The zero-order valence-electron chi connectivity index (χ0n) is 10.4. The van der Waals surface area contributed by atoms with Crippen LogP contribution in [0.25, 0.3) is 0 Å². The lowest BCUT2D eigenvalue weighted by atomic mass is 10.0. The van der Waals surface area contributed by atoms with Crippen molar-refractivity contribution in [3.63, 3.8) is 0 Å². The Morgan fingerprint density at radius 2 is 1.90 bits per heavy atom. The number of amides is 3. The van der Waals surface area contributed by atoms with Crippen molar-refractivity contribution in [2.24, 2.45) is 5.73 Å². The van der Waals surface area contributed by atoms with Crippen molar-refractivity contribution < 1.29 is 19.5 Å². The van der Waals surface area contributed by atoms with Gasteiger partial charge in [-0.1, -0.05) is 24.3 Å². The van der Waals surface area contributed by atoms with Crippen LogP contribution in [0.15, 0.2) is 24.3 Å². The summed E-state index contributed by atoms with van der Waals surface area (Å²) in [5.74, 6) is -1.80. The van der Waals surface area contributed by atoms with Crippen LogP contribution >= 0.6 is 12.4 Å². The Morgan fingerprint density at radius 3 is 2.40 bits per heavy atom. The summed E-state index contributed by atoms with van der Waals surface area (Å²) in [6.45, 7) is -0.252. The molecule has 2 rings (SSSR count). The number of hydrogen-bond acceptors (Lipinski definition) is 4. The van der Waals surface area contributed by atoms with Crippen LogP contribution < -0.4 is 11.1 Å². The fraction of sp³-hybridized carbons (Fsp3) is 0.250. The number of benzene rings is 1. The molecule has 8 heteroatoms. The van der Waals surface area contributed by atoms with Crippen molar-refractivity contribution in [1.29, 1.82) is 0 Å². The van der Waals surface area contributed by atoms with E-state index in [9.17, 15) is 14.4 Å². The third kappa shape index (κ3) is 3.06. The summed E-state index contributed by atoms with van der Waals surface area (Å²) in [4.78, 5) is 34.8. The fourth-order valence-electron chi connectivity index (χ4n) is 1.88. The monoisotopic (exact) mass is 299 g/mol. The van der Waals surface area contributed by atoms with E-state index in [1.807, 2.05) is 0 Å². The molecule has 3 amide bonds. The van der Waals surface area contributed by atoms with Crippen molar-refractivity contribution in [2.45, 2.75) is 12.6 Å². The third-order valence-corrected chi connectivity index (χ3v) is 2.87. The molecule has 0 aliphatic carbocycles. The van der Waals surface area contributed by atoms with E-state index in [2.05, 4.69) is 5.32 Å². The molecule has 1 aromatic rings. The second-order valence-electron chi connectivity index (χ2n) is 4.15. The van der Waals surface area contributed by atoms with Gasteiger partial charge in [0.2, 0.25) is 0 Å². The minimum absolute atomic E-state index is 0. The molecule has 0 radical (unpaired) electrons. The second kappa shape index (κ2) is 6.36. The fourth-order valence-corrected chi connectivity index (χ4v) is 1.88. The summed E-state index contributed by atoms with van der Waals surface area (Å²) < 4.78 is 0. The zero-order valence-corrected chi connectivity index (χ0v) is 11.2. The van der Waals surface area contributed by atoms with E-state index in [1.165, 1.54) is 0 Å². The van der Waals surface area contributed by atoms with Crippen LogP contribution in [0.2, 0.25) is 0 Å². The van der Waals surface area contributed by atoms with E-state index in [4.69, 9.17) is 10.8 Å². The number of carbonyl (C=O) groups excluding carboxylic acids is 2. The number of hydrogen-bond donors (Lipinski definition) is 3. The summed E-state index contributed by atoms with van der Waals surface area (Å²) in [7, 11) is 0. The molecule has 7 nitrogen and oxygen atoms in total. The van der Waals surface area contributed by atoms with E-state index in [-0.39, 0.29) is 12.4 Å². The Morgan fingerprint density at radius 1 is 1.30 bits per heavy atom. The van der Waals surface area contributed by atoms with Gasteiger partial charge in [-0.2, -0.15) is 0 Å². The van der Waals surface area contributed by atoms with Gasteiger partial charge in [-0.25, -0.2) is 4.79 Å². The standard InChI is InChI=1S/C12H13N3O4.ClH/c13-5-7-1-3-8(4-2-7)10-11(18)15(6-9(16)17)12(19)14-10;/h1-4,10H,5-6,13H2,(H,14,19)(H,16,17);1H. The number of carboxylic acid groups (broad SMARTS) is 1. The molecule has 1 aliphatic rings. The first-order chi connectivity index (χ1) is 9.02. The number of nitrogens with one attached hydrogen (secondary N) is 1. The number of aliphatic carboxylic acids is 1. The Bertz CT molecular complexity index is 532. The van der Waals surface area contributed by atoms with Crippen molar-refractivity contribution >= 4 is 30.3 Å². The van der Waals surface area contributed by atoms with Gasteiger partial charge in [0.05, 0.1) is 0 Å². The Labute approximate surface area is 121 Å². The van der Waals surface area contributed by atoms with Gasteiger partial charge in [-0.3, -0.25) is 14.5 Å². The van der Waals surface area contributed by atoms with E-state index in [0.717, 1.165) is 5.56 Å². The van der Waals surface area contributed by atoms with Crippen molar-refractivity contribution in [2.75, 3.05) is 6.54 Å². The number of carbonyl (C=O) groups is 3. The van der Waals surface area contributed by atoms with Crippen LogP contribution in [0.3, 0.4) is 0 Å². The Hall–Kier alpha value is -2.12. The summed E-state index contributed by atoms with van der Waals surface area (Å²) in [6.07, 6.45) is 0. The normalized spacial score (nSPS) is 17.6. The molecule has 1 saturated heterocycles. The maximum atomic E-state index is 12.0. The van der Waals surface area contributed by atoms with E-state index in [0.29, 0.717) is 17.0 Å². The van der Waals surface area contributed by atoms with Gasteiger partial charge in [-0.15, -0.1) is 12.4 Å². The molecule has 1 fully saturated rings. The molecule has 108 valence electrons. The van der Waals surface area contributed by atoms with E-state index in [1.54, 1.807) is 24.3 Å². The zero-order chi connectivity index (χ0) is 14.0. The third-order valence-electron chi connectivity index (χ3n) is 2.87. The van der Waals surface area contributed by atoms with Gasteiger partial charge in [0, 0.05) is 6.54 Å². The van der Waals surface area contributed by atoms with Gasteiger partial charge in [0.15, 0.2) is 0 Å². The summed E-state index contributed by atoms with van der Waals surface area (Å²) in [5.41, 5.74) is 6.98. The van der Waals surface area contributed by atoms with Gasteiger partial charge in [0.25, 0.3) is 5.91 Å². The molecule has 0 aromatic heterocycles. The van der Waals surface area contributed by atoms with Gasteiger partial charge in [0.1, 0.15) is 12.6 Å². The largest absolute Gasteiger partial charge is 0.480 e. The molecule has 0 bridgehead atoms. The molecular formula is C12H14ClN3O4.